The average molecular weight is 242 g/mol. The lowest BCUT2D eigenvalue weighted by molar-refractivity contribution is 0.0515. The summed E-state index contributed by atoms with van der Waals surface area (Å²) in [7, 11) is 0. The van der Waals surface area contributed by atoms with Gasteiger partial charge in [-0.1, -0.05) is 13.3 Å². The number of carbonyl (C=O) groups is 1. The van der Waals surface area contributed by atoms with Crippen LogP contribution < -0.4 is 0 Å². The van der Waals surface area contributed by atoms with Crippen LogP contribution in [0.2, 0.25) is 0 Å². The summed E-state index contributed by atoms with van der Waals surface area (Å²) in [4.78, 5) is 19.0. The molecule has 0 atom stereocenters. The molecule has 0 aliphatic heterocycles. The molecule has 1 aromatic heterocycles. The highest BCUT2D eigenvalue weighted by Crippen LogP contribution is 2.19. The standard InChI is InChI=1S/C11H18N2O2S/c1-4-6-7-8-12-9(10(13-8)16-3)11(14)15-5-2/h4-7H2,1-3H3,(H,12,13). The lowest BCUT2D eigenvalue weighted by Crippen LogP contribution is -2.06. The third-order valence-electron chi connectivity index (χ3n) is 2.16. The summed E-state index contributed by atoms with van der Waals surface area (Å²) in [6.07, 6.45) is 4.97. The normalized spacial score (nSPS) is 10.4. The van der Waals surface area contributed by atoms with E-state index >= 15 is 0 Å². The Labute approximate surface area is 100 Å². The van der Waals surface area contributed by atoms with Gasteiger partial charge >= 0.3 is 5.97 Å². The predicted octanol–water partition coefficient (Wildman–Crippen LogP) is 2.65. The second kappa shape index (κ2) is 6.58. The van der Waals surface area contributed by atoms with Gasteiger partial charge in [0.25, 0.3) is 0 Å². The van der Waals surface area contributed by atoms with Gasteiger partial charge in [-0.25, -0.2) is 9.78 Å². The molecule has 0 radical (unpaired) electrons. The van der Waals surface area contributed by atoms with Crippen molar-refractivity contribution in [3.63, 3.8) is 0 Å². The van der Waals surface area contributed by atoms with Gasteiger partial charge in [0, 0.05) is 6.42 Å². The molecule has 0 aliphatic rings. The van der Waals surface area contributed by atoms with Gasteiger partial charge < -0.3 is 9.72 Å². The van der Waals surface area contributed by atoms with Gasteiger partial charge in [-0.2, -0.15) is 0 Å². The van der Waals surface area contributed by atoms with Crippen molar-refractivity contribution in [3.8, 4) is 0 Å². The molecule has 16 heavy (non-hydrogen) atoms. The Morgan fingerprint density at radius 2 is 2.25 bits per heavy atom. The first-order valence-electron chi connectivity index (χ1n) is 5.52. The molecule has 0 spiro atoms. The molecule has 0 fully saturated rings. The summed E-state index contributed by atoms with van der Waals surface area (Å²) < 4.78 is 4.96. The van der Waals surface area contributed by atoms with Crippen molar-refractivity contribution in [1.82, 2.24) is 9.97 Å². The first kappa shape index (κ1) is 13.1. The number of thioether (sulfide) groups is 1. The van der Waals surface area contributed by atoms with Crippen molar-refractivity contribution in [2.45, 2.75) is 38.1 Å². The number of nitrogens with zero attached hydrogens (tertiary/aromatic N) is 1. The van der Waals surface area contributed by atoms with Gasteiger partial charge in [-0.15, -0.1) is 11.8 Å². The molecule has 0 saturated heterocycles. The number of aromatic nitrogens is 2. The number of hydrogen-bond donors (Lipinski definition) is 1. The molecular weight excluding hydrogens is 224 g/mol. The molecule has 1 N–H and O–H groups in total. The Morgan fingerprint density at radius 1 is 1.50 bits per heavy atom. The number of carbonyl (C=O) groups excluding carboxylic acids is 1. The summed E-state index contributed by atoms with van der Waals surface area (Å²) in [5.41, 5.74) is 0.487. The lowest BCUT2D eigenvalue weighted by Gasteiger charge is -1.99. The molecule has 0 amide bonds. The van der Waals surface area contributed by atoms with E-state index < -0.39 is 0 Å². The predicted molar refractivity (Wildman–Crippen MR) is 64.9 cm³/mol. The monoisotopic (exact) mass is 242 g/mol. The maximum Gasteiger partial charge on any atom is 0.357 e. The van der Waals surface area contributed by atoms with Gasteiger partial charge in [0.2, 0.25) is 0 Å². The van der Waals surface area contributed by atoms with Crippen molar-refractivity contribution in [2.75, 3.05) is 12.9 Å². The number of hydrogen-bond acceptors (Lipinski definition) is 4. The van der Waals surface area contributed by atoms with E-state index in [4.69, 9.17) is 4.74 Å². The van der Waals surface area contributed by atoms with Gasteiger partial charge in [-0.05, 0) is 19.6 Å². The number of aromatic amines is 1. The molecule has 90 valence electrons. The molecule has 1 rings (SSSR count). The molecule has 0 saturated carbocycles. The van der Waals surface area contributed by atoms with Crippen LogP contribution >= 0.6 is 11.8 Å². The van der Waals surface area contributed by atoms with Crippen molar-refractivity contribution >= 4 is 17.7 Å². The smallest absolute Gasteiger partial charge is 0.357 e. The molecule has 0 aromatic carbocycles. The Morgan fingerprint density at radius 3 is 2.81 bits per heavy atom. The number of unbranched alkanes of at least 4 members (excludes halogenated alkanes) is 1. The summed E-state index contributed by atoms with van der Waals surface area (Å²) in [6, 6.07) is 0. The zero-order valence-electron chi connectivity index (χ0n) is 10.0. The van der Waals surface area contributed by atoms with Crippen LogP contribution in [-0.4, -0.2) is 28.8 Å². The van der Waals surface area contributed by atoms with E-state index in [2.05, 4.69) is 16.9 Å². The molecule has 0 aliphatic carbocycles. The average Bonchev–Trinajstić information content (AvgIpc) is 2.70. The zero-order chi connectivity index (χ0) is 12.0. The number of imidazole rings is 1. The Bertz CT molecular complexity index is 350. The van der Waals surface area contributed by atoms with Gasteiger partial charge in [0.1, 0.15) is 10.9 Å². The fourth-order valence-corrected chi connectivity index (χ4v) is 1.90. The van der Waals surface area contributed by atoms with Crippen LogP contribution in [-0.2, 0) is 11.2 Å². The van der Waals surface area contributed by atoms with Gasteiger partial charge in [0.15, 0.2) is 5.69 Å². The van der Waals surface area contributed by atoms with Crippen LogP contribution in [0.4, 0.5) is 0 Å². The Hall–Kier alpha value is -0.970. The first-order chi connectivity index (χ1) is 7.72. The molecule has 5 heteroatoms. The van der Waals surface area contributed by atoms with Crippen molar-refractivity contribution < 1.29 is 9.53 Å². The molecular formula is C11H18N2O2S. The maximum absolute atomic E-state index is 11.6. The number of H-pyrrole nitrogens is 1. The van der Waals surface area contributed by atoms with Crippen LogP contribution in [0.5, 0.6) is 0 Å². The molecule has 1 aromatic rings. The van der Waals surface area contributed by atoms with Crippen molar-refractivity contribution in [1.29, 1.82) is 0 Å². The number of ether oxygens (including phenoxy) is 1. The van der Waals surface area contributed by atoms with E-state index in [-0.39, 0.29) is 5.97 Å². The van der Waals surface area contributed by atoms with E-state index in [0.717, 1.165) is 30.1 Å². The lowest BCUT2D eigenvalue weighted by atomic mass is 10.2. The van der Waals surface area contributed by atoms with Crippen LogP contribution in [0.3, 0.4) is 0 Å². The molecule has 0 bridgehead atoms. The zero-order valence-corrected chi connectivity index (χ0v) is 10.8. The van der Waals surface area contributed by atoms with Gasteiger partial charge in [-0.3, -0.25) is 0 Å². The Balaban J connectivity index is 2.81. The summed E-state index contributed by atoms with van der Waals surface area (Å²) in [5, 5.41) is 0.726. The van der Waals surface area contributed by atoms with Crippen molar-refractivity contribution in [2.24, 2.45) is 0 Å². The van der Waals surface area contributed by atoms with Crippen LogP contribution in [0.15, 0.2) is 5.03 Å². The van der Waals surface area contributed by atoms with Crippen molar-refractivity contribution in [3.05, 3.63) is 11.5 Å². The van der Waals surface area contributed by atoms with Crippen LogP contribution in [0.1, 0.15) is 43.0 Å². The van der Waals surface area contributed by atoms with E-state index in [1.54, 1.807) is 6.92 Å². The highest BCUT2D eigenvalue weighted by Gasteiger charge is 2.17. The second-order valence-electron chi connectivity index (χ2n) is 3.39. The fourth-order valence-electron chi connectivity index (χ4n) is 1.36. The number of esters is 1. The number of rotatable bonds is 6. The quantitative estimate of drug-likeness (QED) is 0.615. The largest absolute Gasteiger partial charge is 0.461 e. The third-order valence-corrected chi connectivity index (χ3v) is 2.84. The SMILES string of the molecule is CCCCc1nc(SC)c(C(=O)OCC)[nH]1. The first-order valence-corrected chi connectivity index (χ1v) is 6.75. The Kier molecular flexibility index (Phi) is 5.38. The van der Waals surface area contributed by atoms with E-state index in [0.29, 0.717) is 12.3 Å². The minimum absolute atomic E-state index is 0.318. The molecule has 0 unspecified atom stereocenters. The number of nitrogens with one attached hydrogen (secondary N) is 1. The highest BCUT2D eigenvalue weighted by atomic mass is 32.2. The molecule has 1 heterocycles. The van der Waals surface area contributed by atoms with E-state index in [1.807, 2.05) is 6.26 Å². The fraction of sp³-hybridized carbons (Fsp3) is 0.636. The highest BCUT2D eigenvalue weighted by molar-refractivity contribution is 7.98. The third kappa shape index (κ3) is 3.27. The summed E-state index contributed by atoms with van der Waals surface area (Å²) >= 11 is 1.46. The minimum atomic E-state index is -0.318. The second-order valence-corrected chi connectivity index (χ2v) is 4.19. The van der Waals surface area contributed by atoms with E-state index in [1.165, 1.54) is 11.8 Å². The molecule has 4 nitrogen and oxygen atoms in total. The topological polar surface area (TPSA) is 55.0 Å². The maximum atomic E-state index is 11.6. The minimum Gasteiger partial charge on any atom is -0.461 e. The number of aryl methyl sites for hydroxylation is 1. The summed E-state index contributed by atoms with van der Waals surface area (Å²) in [6.45, 7) is 4.31. The van der Waals surface area contributed by atoms with Crippen LogP contribution in [0.25, 0.3) is 0 Å². The summed E-state index contributed by atoms with van der Waals surface area (Å²) in [5.74, 6) is 0.552. The van der Waals surface area contributed by atoms with E-state index in [9.17, 15) is 4.79 Å². The van der Waals surface area contributed by atoms with Gasteiger partial charge in [0.05, 0.1) is 6.61 Å². The van der Waals surface area contributed by atoms with Crippen LogP contribution in [0, 0.1) is 0 Å².